The van der Waals surface area contributed by atoms with E-state index in [0.717, 1.165) is 11.3 Å². The lowest BCUT2D eigenvalue weighted by molar-refractivity contribution is -0.116. The second kappa shape index (κ2) is 7.72. The van der Waals surface area contributed by atoms with Crippen molar-refractivity contribution in [2.75, 3.05) is 11.9 Å². The summed E-state index contributed by atoms with van der Waals surface area (Å²) in [5, 5.41) is 2.76. The fourth-order valence-corrected chi connectivity index (χ4v) is 3.57. The summed E-state index contributed by atoms with van der Waals surface area (Å²) < 4.78 is 27.3. The van der Waals surface area contributed by atoms with Gasteiger partial charge in [-0.25, -0.2) is 13.1 Å². The summed E-state index contributed by atoms with van der Waals surface area (Å²) in [5.74, 6) is -0.240. The Bertz CT molecular complexity index is 806. The molecule has 122 valence electrons. The maximum atomic E-state index is 12.1. The number of amides is 1. The van der Waals surface area contributed by atoms with Gasteiger partial charge in [-0.2, -0.15) is 0 Å². The molecule has 23 heavy (non-hydrogen) atoms. The molecule has 0 spiro atoms. The van der Waals surface area contributed by atoms with Gasteiger partial charge < -0.3 is 5.32 Å². The zero-order valence-electron chi connectivity index (χ0n) is 12.5. The van der Waals surface area contributed by atoms with Gasteiger partial charge in [0.25, 0.3) is 0 Å². The fraction of sp³-hybridized carbons (Fsp3) is 0.188. The zero-order valence-corrected chi connectivity index (χ0v) is 14.9. The smallest absolute Gasteiger partial charge is 0.240 e. The van der Waals surface area contributed by atoms with Gasteiger partial charge in [-0.3, -0.25) is 4.79 Å². The molecule has 1 amide bonds. The Labute approximate surface area is 144 Å². The molecule has 0 aliphatic carbocycles. The number of sulfonamides is 1. The van der Waals surface area contributed by atoms with Crippen LogP contribution in [0.4, 0.5) is 5.69 Å². The van der Waals surface area contributed by atoms with E-state index in [-0.39, 0.29) is 23.8 Å². The molecule has 2 rings (SSSR count). The third-order valence-electron chi connectivity index (χ3n) is 3.17. The lowest BCUT2D eigenvalue weighted by Crippen LogP contribution is -2.28. The highest BCUT2D eigenvalue weighted by molar-refractivity contribution is 9.10. The third kappa shape index (κ3) is 5.16. The van der Waals surface area contributed by atoms with Gasteiger partial charge >= 0.3 is 0 Å². The summed E-state index contributed by atoms with van der Waals surface area (Å²) in [5.41, 5.74) is 1.68. The van der Waals surface area contributed by atoms with E-state index in [4.69, 9.17) is 0 Å². The van der Waals surface area contributed by atoms with E-state index in [2.05, 4.69) is 26.0 Å². The maximum absolute atomic E-state index is 12.1. The summed E-state index contributed by atoms with van der Waals surface area (Å²) in [4.78, 5) is 12.0. The Morgan fingerprint density at radius 1 is 1.13 bits per heavy atom. The minimum Gasteiger partial charge on any atom is -0.326 e. The number of carbonyl (C=O) groups is 1. The highest BCUT2D eigenvalue weighted by Gasteiger charge is 2.14. The number of benzene rings is 2. The summed E-state index contributed by atoms with van der Waals surface area (Å²) in [7, 11) is -3.62. The van der Waals surface area contributed by atoms with Gasteiger partial charge in [-0.15, -0.1) is 0 Å². The molecule has 5 nitrogen and oxygen atoms in total. The molecule has 0 unspecified atom stereocenters. The molecule has 2 N–H and O–H groups in total. The van der Waals surface area contributed by atoms with Gasteiger partial charge in [0.2, 0.25) is 15.9 Å². The van der Waals surface area contributed by atoms with Crippen LogP contribution in [0.25, 0.3) is 0 Å². The van der Waals surface area contributed by atoms with Gasteiger partial charge in [-0.05, 0) is 36.8 Å². The van der Waals surface area contributed by atoms with Crippen molar-refractivity contribution in [2.24, 2.45) is 0 Å². The van der Waals surface area contributed by atoms with Crippen LogP contribution in [0.15, 0.2) is 57.9 Å². The largest absolute Gasteiger partial charge is 0.326 e. The Hall–Kier alpha value is -1.70. The first-order valence-corrected chi connectivity index (χ1v) is 9.27. The minimum absolute atomic E-state index is 0.0343. The van der Waals surface area contributed by atoms with Crippen LogP contribution in [-0.2, 0) is 14.8 Å². The molecule has 2 aromatic rings. The number of aryl methyl sites for hydroxylation is 1. The number of hydrogen-bond acceptors (Lipinski definition) is 3. The quantitative estimate of drug-likeness (QED) is 0.787. The van der Waals surface area contributed by atoms with E-state index in [9.17, 15) is 13.2 Å². The average molecular weight is 397 g/mol. The second-order valence-electron chi connectivity index (χ2n) is 4.97. The molecule has 2 aromatic carbocycles. The maximum Gasteiger partial charge on any atom is 0.240 e. The predicted molar refractivity (Wildman–Crippen MR) is 93.8 cm³/mol. The van der Waals surface area contributed by atoms with E-state index in [1.54, 1.807) is 18.2 Å². The number of nitrogens with one attached hydrogen (secondary N) is 2. The molecule has 0 aromatic heterocycles. The molecule has 0 saturated heterocycles. The van der Waals surface area contributed by atoms with Gasteiger partial charge in [0, 0.05) is 23.1 Å². The van der Waals surface area contributed by atoms with Crippen molar-refractivity contribution in [3.05, 3.63) is 58.6 Å². The highest BCUT2D eigenvalue weighted by Crippen LogP contribution is 2.16. The summed E-state index contributed by atoms with van der Waals surface area (Å²) >= 11 is 3.23. The molecule has 0 saturated carbocycles. The highest BCUT2D eigenvalue weighted by atomic mass is 79.9. The molecule has 0 radical (unpaired) electrons. The average Bonchev–Trinajstić information content (AvgIpc) is 2.49. The summed E-state index contributed by atoms with van der Waals surface area (Å²) in [6.07, 6.45) is 0.0571. The minimum atomic E-state index is -3.62. The van der Waals surface area contributed by atoms with Crippen LogP contribution in [0.5, 0.6) is 0 Å². The van der Waals surface area contributed by atoms with E-state index in [0.29, 0.717) is 4.47 Å². The van der Waals surface area contributed by atoms with E-state index < -0.39 is 10.0 Å². The van der Waals surface area contributed by atoms with E-state index >= 15 is 0 Å². The molecular weight excluding hydrogens is 380 g/mol. The van der Waals surface area contributed by atoms with E-state index in [1.165, 1.54) is 12.1 Å². The summed E-state index contributed by atoms with van der Waals surface area (Å²) in [6, 6.07) is 13.8. The van der Waals surface area contributed by atoms with Crippen LogP contribution in [-0.4, -0.2) is 20.9 Å². The number of rotatable bonds is 6. The standard InChI is InChI=1S/C16H17BrN2O3S/c1-12-5-2-3-8-15(12)19-16(20)9-10-18-23(21,22)14-7-4-6-13(17)11-14/h2-8,11,18H,9-10H2,1H3,(H,19,20). The van der Waals surface area contributed by atoms with Crippen LogP contribution in [0, 0.1) is 6.92 Å². The molecule has 7 heteroatoms. The first kappa shape index (κ1) is 17.7. The van der Waals surface area contributed by atoms with Crippen LogP contribution in [0.1, 0.15) is 12.0 Å². The molecule has 0 aliphatic heterocycles. The van der Waals surface area contributed by atoms with Crippen molar-refractivity contribution in [2.45, 2.75) is 18.2 Å². The van der Waals surface area contributed by atoms with Gasteiger partial charge in [-0.1, -0.05) is 40.2 Å². The van der Waals surface area contributed by atoms with Gasteiger partial charge in [0.15, 0.2) is 0 Å². The SMILES string of the molecule is Cc1ccccc1NC(=O)CCNS(=O)(=O)c1cccc(Br)c1. The van der Waals surface area contributed by atoms with Crippen molar-refractivity contribution in [3.63, 3.8) is 0 Å². The molecular formula is C16H17BrN2O3S. The molecule has 0 aliphatic rings. The number of halogens is 1. The lowest BCUT2D eigenvalue weighted by atomic mass is 10.2. The normalized spacial score (nSPS) is 11.2. The summed E-state index contributed by atoms with van der Waals surface area (Å²) in [6.45, 7) is 1.93. The van der Waals surface area contributed by atoms with Crippen molar-refractivity contribution >= 4 is 37.5 Å². The van der Waals surface area contributed by atoms with Gasteiger partial charge in [0.1, 0.15) is 0 Å². The Morgan fingerprint density at radius 2 is 1.87 bits per heavy atom. The van der Waals surface area contributed by atoms with E-state index in [1.807, 2.05) is 25.1 Å². The number of para-hydroxylation sites is 1. The van der Waals surface area contributed by atoms with Crippen molar-refractivity contribution in [1.29, 1.82) is 0 Å². The van der Waals surface area contributed by atoms with Crippen molar-refractivity contribution in [3.8, 4) is 0 Å². The Balaban J connectivity index is 1.89. The van der Waals surface area contributed by atoms with Crippen LogP contribution >= 0.6 is 15.9 Å². The van der Waals surface area contributed by atoms with Gasteiger partial charge in [0.05, 0.1) is 4.90 Å². The lowest BCUT2D eigenvalue weighted by Gasteiger charge is -2.09. The number of anilines is 1. The topological polar surface area (TPSA) is 75.3 Å². The Kier molecular flexibility index (Phi) is 5.92. The monoisotopic (exact) mass is 396 g/mol. The first-order valence-electron chi connectivity index (χ1n) is 6.99. The molecule has 0 heterocycles. The molecule has 0 bridgehead atoms. The predicted octanol–water partition coefficient (Wildman–Crippen LogP) is 3.06. The van der Waals surface area contributed by atoms with Crippen LogP contribution in [0.2, 0.25) is 0 Å². The van der Waals surface area contributed by atoms with Crippen LogP contribution in [0.3, 0.4) is 0 Å². The molecule has 0 fully saturated rings. The first-order chi connectivity index (χ1) is 10.9. The van der Waals surface area contributed by atoms with Crippen LogP contribution < -0.4 is 10.0 Å². The second-order valence-corrected chi connectivity index (χ2v) is 7.65. The number of carbonyl (C=O) groups excluding carboxylic acids is 1. The molecule has 0 atom stereocenters. The Morgan fingerprint density at radius 3 is 2.57 bits per heavy atom. The number of hydrogen-bond donors (Lipinski definition) is 2. The third-order valence-corrected chi connectivity index (χ3v) is 5.12. The van der Waals surface area contributed by atoms with Crippen molar-refractivity contribution in [1.82, 2.24) is 4.72 Å². The zero-order chi connectivity index (χ0) is 16.9. The van der Waals surface area contributed by atoms with Crippen molar-refractivity contribution < 1.29 is 13.2 Å². The fourth-order valence-electron chi connectivity index (χ4n) is 1.94.